The van der Waals surface area contributed by atoms with Crippen LogP contribution in [0.15, 0.2) is 0 Å². The lowest BCUT2D eigenvalue weighted by atomic mass is 10.0. The maximum Gasteiger partial charge on any atom is 0.237 e. The van der Waals surface area contributed by atoms with Gasteiger partial charge in [-0.3, -0.25) is 9.69 Å². The Hall–Kier alpha value is -0.610. The van der Waals surface area contributed by atoms with Crippen LogP contribution in [0.25, 0.3) is 0 Å². The van der Waals surface area contributed by atoms with Crippen LogP contribution in [0.1, 0.15) is 59.8 Å². The smallest absolute Gasteiger partial charge is 0.237 e. The highest BCUT2D eigenvalue weighted by Gasteiger charge is 2.35. The molecule has 4 heteroatoms. The summed E-state index contributed by atoms with van der Waals surface area (Å²) in [5.41, 5.74) is 5.89. The van der Waals surface area contributed by atoms with Crippen LogP contribution < -0.4 is 11.1 Å². The fourth-order valence-electron chi connectivity index (χ4n) is 3.49. The summed E-state index contributed by atoms with van der Waals surface area (Å²) in [4.78, 5) is 14.8. The van der Waals surface area contributed by atoms with Crippen molar-refractivity contribution in [2.75, 3.05) is 13.1 Å². The van der Waals surface area contributed by atoms with Gasteiger partial charge in [-0.1, -0.05) is 27.2 Å². The first-order valence-electron chi connectivity index (χ1n) is 8.35. The lowest BCUT2D eigenvalue weighted by Gasteiger charge is -2.36. The molecule has 0 aromatic rings. The number of likely N-dealkylation sites (N-methyl/N-ethyl adjacent to an activating group) is 1. The van der Waals surface area contributed by atoms with Gasteiger partial charge < -0.3 is 11.1 Å². The average molecular weight is 283 g/mol. The molecule has 1 rings (SSSR count). The van der Waals surface area contributed by atoms with E-state index >= 15 is 0 Å². The Bertz CT molecular complexity index is 291. The minimum atomic E-state index is -0.0576. The highest BCUT2D eigenvalue weighted by Crippen LogP contribution is 2.30. The SMILES string of the molecule is CCC(CC)NC(=O)C(C)N(CC)C1CCCC1CN. The first kappa shape index (κ1) is 17.4. The van der Waals surface area contributed by atoms with Crippen LogP contribution in [0, 0.1) is 5.92 Å². The van der Waals surface area contributed by atoms with Crippen molar-refractivity contribution < 1.29 is 4.79 Å². The normalized spacial score (nSPS) is 24.4. The Morgan fingerprint density at radius 1 is 1.30 bits per heavy atom. The zero-order valence-corrected chi connectivity index (χ0v) is 13.7. The fourth-order valence-corrected chi connectivity index (χ4v) is 3.49. The first-order chi connectivity index (χ1) is 9.58. The minimum Gasteiger partial charge on any atom is -0.352 e. The van der Waals surface area contributed by atoms with E-state index in [1.54, 1.807) is 0 Å². The second kappa shape index (κ2) is 8.63. The number of amides is 1. The molecular weight excluding hydrogens is 250 g/mol. The quantitative estimate of drug-likeness (QED) is 0.717. The van der Waals surface area contributed by atoms with E-state index in [-0.39, 0.29) is 11.9 Å². The number of carbonyl (C=O) groups excluding carboxylic acids is 1. The van der Waals surface area contributed by atoms with Crippen molar-refractivity contribution in [2.24, 2.45) is 11.7 Å². The first-order valence-corrected chi connectivity index (χ1v) is 8.35. The molecule has 0 aromatic carbocycles. The van der Waals surface area contributed by atoms with Gasteiger partial charge in [0.25, 0.3) is 0 Å². The van der Waals surface area contributed by atoms with Crippen molar-refractivity contribution >= 4 is 5.91 Å². The Balaban J connectivity index is 2.66. The third kappa shape index (κ3) is 4.19. The molecule has 0 aromatic heterocycles. The molecule has 1 saturated carbocycles. The molecule has 0 saturated heterocycles. The largest absolute Gasteiger partial charge is 0.352 e. The van der Waals surface area contributed by atoms with Crippen LogP contribution in [0.5, 0.6) is 0 Å². The van der Waals surface area contributed by atoms with Gasteiger partial charge in [-0.15, -0.1) is 0 Å². The average Bonchev–Trinajstić information content (AvgIpc) is 2.93. The molecule has 1 amide bonds. The van der Waals surface area contributed by atoms with Gasteiger partial charge in [0, 0.05) is 12.1 Å². The zero-order valence-electron chi connectivity index (χ0n) is 13.7. The summed E-state index contributed by atoms with van der Waals surface area (Å²) in [7, 11) is 0. The number of nitrogens with zero attached hydrogens (tertiary/aromatic N) is 1. The van der Waals surface area contributed by atoms with E-state index in [1.807, 2.05) is 6.92 Å². The number of nitrogens with one attached hydrogen (secondary N) is 1. The highest BCUT2D eigenvalue weighted by molar-refractivity contribution is 5.81. The Kier molecular flexibility index (Phi) is 7.52. The molecule has 118 valence electrons. The van der Waals surface area contributed by atoms with E-state index in [2.05, 4.69) is 31.0 Å². The number of nitrogens with two attached hydrogens (primary N) is 1. The number of hydrogen-bond donors (Lipinski definition) is 2. The van der Waals surface area contributed by atoms with E-state index in [1.165, 1.54) is 19.3 Å². The third-order valence-corrected chi connectivity index (χ3v) is 4.92. The predicted octanol–water partition coefficient (Wildman–Crippen LogP) is 2.13. The fraction of sp³-hybridized carbons (Fsp3) is 0.938. The summed E-state index contributed by atoms with van der Waals surface area (Å²) in [6, 6.07) is 0.725. The molecule has 0 aliphatic heterocycles. The summed E-state index contributed by atoms with van der Waals surface area (Å²) in [5, 5.41) is 3.18. The summed E-state index contributed by atoms with van der Waals surface area (Å²) in [6.45, 7) is 10.1. The van der Waals surface area contributed by atoms with E-state index in [0.717, 1.165) is 25.9 Å². The monoisotopic (exact) mass is 283 g/mol. The zero-order chi connectivity index (χ0) is 15.1. The maximum atomic E-state index is 12.4. The molecule has 3 atom stereocenters. The molecule has 0 bridgehead atoms. The van der Waals surface area contributed by atoms with E-state index in [9.17, 15) is 4.79 Å². The molecule has 0 radical (unpaired) electrons. The second-order valence-electron chi connectivity index (χ2n) is 6.02. The minimum absolute atomic E-state index is 0.0576. The molecular formula is C16H33N3O. The molecule has 1 aliphatic rings. The van der Waals surface area contributed by atoms with Crippen LogP contribution in [0.3, 0.4) is 0 Å². The van der Waals surface area contributed by atoms with Gasteiger partial charge in [0.15, 0.2) is 0 Å². The summed E-state index contributed by atoms with van der Waals surface area (Å²) >= 11 is 0. The molecule has 0 heterocycles. The molecule has 1 aliphatic carbocycles. The van der Waals surface area contributed by atoms with E-state index in [4.69, 9.17) is 5.73 Å². The van der Waals surface area contributed by atoms with Crippen LogP contribution in [-0.2, 0) is 4.79 Å². The van der Waals surface area contributed by atoms with Crippen LogP contribution in [0.4, 0.5) is 0 Å². The van der Waals surface area contributed by atoms with Crippen molar-refractivity contribution in [3.63, 3.8) is 0 Å². The molecule has 1 fully saturated rings. The summed E-state index contributed by atoms with van der Waals surface area (Å²) in [6.07, 6.45) is 5.62. The number of carbonyl (C=O) groups is 1. The lowest BCUT2D eigenvalue weighted by Crippen LogP contribution is -2.53. The van der Waals surface area contributed by atoms with Gasteiger partial charge in [-0.25, -0.2) is 0 Å². The summed E-state index contributed by atoms with van der Waals surface area (Å²) in [5.74, 6) is 0.724. The molecule has 0 spiro atoms. The number of hydrogen-bond acceptors (Lipinski definition) is 3. The lowest BCUT2D eigenvalue weighted by molar-refractivity contribution is -0.127. The predicted molar refractivity (Wildman–Crippen MR) is 84.5 cm³/mol. The van der Waals surface area contributed by atoms with Crippen molar-refractivity contribution in [3.8, 4) is 0 Å². The third-order valence-electron chi connectivity index (χ3n) is 4.92. The molecule has 4 nitrogen and oxygen atoms in total. The van der Waals surface area contributed by atoms with Crippen molar-refractivity contribution in [2.45, 2.75) is 77.9 Å². The van der Waals surface area contributed by atoms with Crippen LogP contribution >= 0.6 is 0 Å². The Morgan fingerprint density at radius 3 is 2.45 bits per heavy atom. The van der Waals surface area contributed by atoms with E-state index < -0.39 is 0 Å². The van der Waals surface area contributed by atoms with Crippen molar-refractivity contribution in [1.82, 2.24) is 10.2 Å². The topological polar surface area (TPSA) is 58.4 Å². The van der Waals surface area contributed by atoms with Gasteiger partial charge in [0.05, 0.1) is 6.04 Å². The van der Waals surface area contributed by atoms with Gasteiger partial charge in [0.2, 0.25) is 5.91 Å². The van der Waals surface area contributed by atoms with Crippen molar-refractivity contribution in [3.05, 3.63) is 0 Å². The molecule has 3 unspecified atom stereocenters. The standard InChI is InChI=1S/C16H33N3O/c1-5-14(6-2)18-16(20)12(4)19(7-3)15-10-8-9-13(15)11-17/h12-15H,5-11,17H2,1-4H3,(H,18,20). The van der Waals surface area contributed by atoms with Crippen molar-refractivity contribution in [1.29, 1.82) is 0 Å². The molecule has 20 heavy (non-hydrogen) atoms. The van der Waals surface area contributed by atoms with Crippen LogP contribution in [0.2, 0.25) is 0 Å². The van der Waals surface area contributed by atoms with E-state index in [0.29, 0.717) is 18.0 Å². The maximum absolute atomic E-state index is 12.4. The van der Waals surface area contributed by atoms with Gasteiger partial charge >= 0.3 is 0 Å². The van der Waals surface area contributed by atoms with Crippen LogP contribution in [-0.4, -0.2) is 42.0 Å². The highest BCUT2D eigenvalue weighted by atomic mass is 16.2. The number of rotatable bonds is 8. The van der Waals surface area contributed by atoms with Gasteiger partial charge in [-0.2, -0.15) is 0 Å². The summed E-state index contributed by atoms with van der Waals surface area (Å²) < 4.78 is 0. The Labute approximate surface area is 124 Å². The van der Waals surface area contributed by atoms with Gasteiger partial charge in [-0.05, 0) is 51.6 Å². The second-order valence-corrected chi connectivity index (χ2v) is 6.02. The molecule has 3 N–H and O–H groups in total. The van der Waals surface area contributed by atoms with Gasteiger partial charge in [0.1, 0.15) is 0 Å². The Morgan fingerprint density at radius 2 is 1.95 bits per heavy atom.